The predicted molar refractivity (Wildman–Crippen MR) is 74.5 cm³/mol. The first-order valence-corrected chi connectivity index (χ1v) is 6.23. The van der Waals surface area contributed by atoms with E-state index >= 15 is 0 Å². The molecule has 5 nitrogen and oxygen atoms in total. The number of methoxy groups -OCH3 is 1. The van der Waals surface area contributed by atoms with Crippen molar-refractivity contribution in [2.45, 2.75) is 6.54 Å². The second-order valence-electron chi connectivity index (χ2n) is 4.41. The van der Waals surface area contributed by atoms with Crippen molar-refractivity contribution in [2.24, 2.45) is 9.98 Å². The Morgan fingerprint density at radius 3 is 2.55 bits per heavy atom. The van der Waals surface area contributed by atoms with Crippen LogP contribution in [0.25, 0.3) is 0 Å². The highest BCUT2D eigenvalue weighted by Gasteiger charge is 2.05. The molecule has 0 radical (unpaired) electrons. The fraction of sp³-hybridized carbons (Fsp3) is 0.133. The average Bonchev–Trinajstić information content (AvgIpc) is 2.85. The number of carbonyl (C=O) groups excluding carboxylic acids is 1. The zero-order chi connectivity index (χ0) is 13.9. The van der Waals surface area contributed by atoms with E-state index in [1.165, 1.54) is 0 Å². The smallest absolute Gasteiger partial charge is 0.368 e. The number of ether oxygens (including phenoxy) is 1. The average molecular weight is 267 g/mol. The summed E-state index contributed by atoms with van der Waals surface area (Å²) in [5, 5.41) is 4.54. The van der Waals surface area contributed by atoms with E-state index in [9.17, 15) is 4.79 Å². The van der Waals surface area contributed by atoms with Crippen LogP contribution < -0.4 is 20.8 Å². The van der Waals surface area contributed by atoms with Crippen LogP contribution in [0.5, 0.6) is 5.75 Å². The predicted octanol–water partition coefficient (Wildman–Crippen LogP) is 1.68. The monoisotopic (exact) mass is 267 g/mol. The molecule has 100 valence electrons. The number of amides is 2. The second kappa shape index (κ2) is 5.13. The Bertz CT molecular complexity index is 767. The summed E-state index contributed by atoms with van der Waals surface area (Å²) in [6, 6.07) is 12.9. The number of nitrogens with zero attached hydrogens (tertiary/aromatic N) is 2. The van der Waals surface area contributed by atoms with E-state index in [1.807, 2.05) is 36.4 Å². The molecule has 0 saturated carbocycles. The van der Waals surface area contributed by atoms with Gasteiger partial charge in [0.25, 0.3) is 0 Å². The van der Waals surface area contributed by atoms with Gasteiger partial charge in [0.05, 0.1) is 17.8 Å². The van der Waals surface area contributed by atoms with E-state index in [1.54, 1.807) is 13.2 Å². The topological polar surface area (TPSA) is 63.0 Å². The SMILES string of the molecule is COc1ccc(CNc2ccc3c(c2)=NC(=O)N=3)cc1. The summed E-state index contributed by atoms with van der Waals surface area (Å²) in [6.45, 7) is 0.688. The molecule has 0 bridgehead atoms. The van der Waals surface area contributed by atoms with Crippen LogP contribution in [-0.4, -0.2) is 13.1 Å². The van der Waals surface area contributed by atoms with E-state index in [4.69, 9.17) is 4.74 Å². The molecule has 0 atom stereocenters. The molecule has 0 fully saturated rings. The van der Waals surface area contributed by atoms with Crippen LogP contribution in [0.3, 0.4) is 0 Å². The van der Waals surface area contributed by atoms with E-state index in [0.29, 0.717) is 17.3 Å². The highest BCUT2D eigenvalue weighted by molar-refractivity contribution is 5.77. The molecule has 0 saturated heterocycles. The Hall–Kier alpha value is -2.69. The molecule has 2 aromatic carbocycles. The number of hydrogen-bond donors (Lipinski definition) is 1. The zero-order valence-electron chi connectivity index (χ0n) is 11.0. The van der Waals surface area contributed by atoms with Crippen LogP contribution in [0.2, 0.25) is 0 Å². The van der Waals surface area contributed by atoms with Gasteiger partial charge in [-0.15, -0.1) is 0 Å². The molecule has 3 rings (SSSR count). The molecule has 2 amide bonds. The summed E-state index contributed by atoms with van der Waals surface area (Å²) >= 11 is 0. The lowest BCUT2D eigenvalue weighted by Crippen LogP contribution is -2.21. The van der Waals surface area contributed by atoms with Gasteiger partial charge in [-0.1, -0.05) is 12.1 Å². The molecule has 0 spiro atoms. The lowest BCUT2D eigenvalue weighted by Gasteiger charge is -2.07. The summed E-state index contributed by atoms with van der Waals surface area (Å²) in [7, 11) is 1.65. The zero-order valence-corrected chi connectivity index (χ0v) is 11.0. The number of anilines is 1. The van der Waals surface area contributed by atoms with Crippen molar-refractivity contribution in [3.05, 3.63) is 58.7 Å². The number of hydrogen-bond acceptors (Lipinski definition) is 3. The third-order valence-corrected chi connectivity index (χ3v) is 3.06. The minimum absolute atomic E-state index is 0.438. The van der Waals surface area contributed by atoms with Crippen molar-refractivity contribution in [3.8, 4) is 5.75 Å². The van der Waals surface area contributed by atoms with Gasteiger partial charge in [0.1, 0.15) is 5.75 Å². The van der Waals surface area contributed by atoms with Crippen molar-refractivity contribution >= 4 is 11.7 Å². The fourth-order valence-corrected chi connectivity index (χ4v) is 2.00. The minimum atomic E-state index is -0.438. The Labute approximate surface area is 115 Å². The van der Waals surface area contributed by atoms with Gasteiger partial charge in [0.15, 0.2) is 0 Å². The molecule has 20 heavy (non-hydrogen) atoms. The van der Waals surface area contributed by atoms with E-state index in [2.05, 4.69) is 15.3 Å². The molecular formula is C15H13N3O2. The van der Waals surface area contributed by atoms with E-state index < -0.39 is 6.03 Å². The molecule has 5 heteroatoms. The summed E-state index contributed by atoms with van der Waals surface area (Å²) in [6.07, 6.45) is 0. The van der Waals surface area contributed by atoms with Crippen LogP contribution in [0, 0.1) is 0 Å². The number of urea groups is 1. The van der Waals surface area contributed by atoms with Gasteiger partial charge in [0, 0.05) is 12.2 Å². The van der Waals surface area contributed by atoms with E-state index in [-0.39, 0.29) is 0 Å². The maximum absolute atomic E-state index is 11.1. The summed E-state index contributed by atoms with van der Waals surface area (Å²) in [4.78, 5) is 18.7. The van der Waals surface area contributed by atoms with Crippen molar-refractivity contribution in [3.63, 3.8) is 0 Å². The number of fused-ring (bicyclic) bond motifs is 1. The van der Waals surface area contributed by atoms with Gasteiger partial charge in [-0.25, -0.2) is 4.79 Å². The lowest BCUT2D eigenvalue weighted by molar-refractivity contribution is 0.256. The first kappa shape index (κ1) is 12.3. The van der Waals surface area contributed by atoms with Gasteiger partial charge in [-0.2, -0.15) is 9.98 Å². The quantitative estimate of drug-likeness (QED) is 0.916. The summed E-state index contributed by atoms with van der Waals surface area (Å²) in [5.41, 5.74) is 2.05. The first-order chi connectivity index (χ1) is 9.74. The van der Waals surface area contributed by atoms with Gasteiger partial charge >= 0.3 is 6.03 Å². The normalized spacial score (nSPS) is 12.3. The van der Waals surface area contributed by atoms with Crippen LogP contribution in [0.1, 0.15) is 5.56 Å². The van der Waals surface area contributed by atoms with Gasteiger partial charge < -0.3 is 10.1 Å². The molecule has 2 aromatic rings. The third-order valence-electron chi connectivity index (χ3n) is 3.06. The second-order valence-corrected chi connectivity index (χ2v) is 4.41. The van der Waals surface area contributed by atoms with Crippen LogP contribution in [0.15, 0.2) is 52.4 Å². The molecule has 1 aliphatic rings. The molecule has 1 heterocycles. The van der Waals surface area contributed by atoms with Crippen molar-refractivity contribution in [1.29, 1.82) is 0 Å². The first-order valence-electron chi connectivity index (χ1n) is 6.23. The molecular weight excluding hydrogens is 254 g/mol. The Kier molecular flexibility index (Phi) is 3.16. The van der Waals surface area contributed by atoms with Crippen LogP contribution in [-0.2, 0) is 6.54 Å². The lowest BCUT2D eigenvalue weighted by atomic mass is 10.2. The number of nitrogens with one attached hydrogen (secondary N) is 1. The Morgan fingerprint density at radius 1 is 1.05 bits per heavy atom. The molecule has 1 aliphatic heterocycles. The van der Waals surface area contributed by atoms with Crippen molar-refractivity contribution in [1.82, 2.24) is 0 Å². The standard InChI is InChI=1S/C15H13N3O2/c1-20-12-5-2-10(3-6-12)9-16-11-4-7-13-14(8-11)18-15(19)17-13/h2-8,16H,9H2,1H3. The summed E-state index contributed by atoms with van der Waals surface area (Å²) < 4.78 is 5.12. The largest absolute Gasteiger partial charge is 0.497 e. The van der Waals surface area contributed by atoms with Crippen molar-refractivity contribution in [2.75, 3.05) is 12.4 Å². The summed E-state index contributed by atoms with van der Waals surface area (Å²) in [5.74, 6) is 0.838. The number of carbonyl (C=O) groups is 1. The highest BCUT2D eigenvalue weighted by atomic mass is 16.5. The van der Waals surface area contributed by atoms with Crippen LogP contribution >= 0.6 is 0 Å². The van der Waals surface area contributed by atoms with Gasteiger partial charge in [0.2, 0.25) is 0 Å². The maximum Gasteiger partial charge on any atom is 0.368 e. The van der Waals surface area contributed by atoms with Crippen molar-refractivity contribution < 1.29 is 9.53 Å². The molecule has 0 aromatic heterocycles. The Balaban J connectivity index is 1.73. The fourth-order valence-electron chi connectivity index (χ4n) is 2.00. The third kappa shape index (κ3) is 2.51. The highest BCUT2D eigenvalue weighted by Crippen LogP contribution is 2.12. The van der Waals surface area contributed by atoms with Gasteiger partial charge in [-0.05, 0) is 35.9 Å². The van der Waals surface area contributed by atoms with Crippen LogP contribution in [0.4, 0.5) is 10.5 Å². The Morgan fingerprint density at radius 2 is 1.80 bits per heavy atom. The molecule has 0 unspecified atom stereocenters. The molecule has 1 N–H and O–H groups in total. The molecule has 0 aliphatic carbocycles. The van der Waals surface area contributed by atoms with E-state index in [0.717, 1.165) is 17.0 Å². The number of rotatable bonds is 4. The number of benzene rings is 2. The maximum atomic E-state index is 11.1. The van der Waals surface area contributed by atoms with Gasteiger partial charge in [-0.3, -0.25) is 0 Å². The minimum Gasteiger partial charge on any atom is -0.497 e.